The molecule has 2 aromatic rings. The Bertz CT molecular complexity index is 1250. The number of nitrogens with zero attached hydrogens (tertiary/aromatic N) is 3. The van der Waals surface area contributed by atoms with Gasteiger partial charge in [-0.25, -0.2) is 9.78 Å². The van der Waals surface area contributed by atoms with Crippen LogP contribution in [0.3, 0.4) is 0 Å². The average Bonchev–Trinajstić information content (AvgIpc) is 3.58. The molecule has 5 rings (SSSR count). The van der Waals surface area contributed by atoms with Gasteiger partial charge in [0.15, 0.2) is 10.9 Å². The first-order valence-corrected chi connectivity index (χ1v) is 13.2. The largest absolute Gasteiger partial charge is 0.536 e. The van der Waals surface area contributed by atoms with Crippen molar-refractivity contribution in [1.82, 2.24) is 20.1 Å². The number of nitrogens with two attached hydrogens (primary N) is 1. The molecule has 11 nitrogen and oxygen atoms in total. The van der Waals surface area contributed by atoms with Crippen LogP contribution in [0.25, 0.3) is 0 Å². The van der Waals surface area contributed by atoms with E-state index in [1.165, 1.54) is 4.90 Å². The zero-order valence-corrected chi connectivity index (χ0v) is 21.2. The van der Waals surface area contributed by atoms with E-state index in [1.807, 2.05) is 25.1 Å². The molecule has 37 heavy (non-hydrogen) atoms. The van der Waals surface area contributed by atoms with Crippen molar-refractivity contribution >= 4 is 47.2 Å². The normalized spacial score (nSPS) is 20.4. The van der Waals surface area contributed by atoms with Crippen LogP contribution in [0.5, 0.6) is 5.75 Å². The molecule has 2 aliphatic heterocycles. The molecule has 0 spiro atoms. The number of benzene rings is 1. The number of piperazine rings is 1. The molecule has 0 bridgehead atoms. The highest BCUT2D eigenvalue weighted by Gasteiger charge is 2.41. The van der Waals surface area contributed by atoms with Crippen molar-refractivity contribution in [1.29, 1.82) is 0 Å². The number of thiazole rings is 1. The fraction of sp³-hybridized carbons (Fsp3) is 0.458. The smallest absolute Gasteiger partial charge is 0.526 e. The molecule has 4 N–H and O–H groups in total. The number of nitrogen functional groups attached to an aromatic ring is 1. The van der Waals surface area contributed by atoms with Gasteiger partial charge in [-0.05, 0) is 43.2 Å². The van der Waals surface area contributed by atoms with Crippen LogP contribution in [0.4, 0.5) is 9.93 Å². The lowest BCUT2D eigenvalue weighted by Gasteiger charge is -2.33. The number of ketones is 1. The Morgan fingerprint density at radius 3 is 2.78 bits per heavy atom. The van der Waals surface area contributed by atoms with Crippen LogP contribution in [0.2, 0.25) is 5.82 Å². The Morgan fingerprint density at radius 2 is 2.08 bits per heavy atom. The molecular formula is C24H28BN5O6S. The summed E-state index contributed by atoms with van der Waals surface area (Å²) in [5.41, 5.74) is 7.78. The van der Waals surface area contributed by atoms with E-state index in [0.717, 1.165) is 40.2 Å². The molecule has 2 fully saturated rings. The zero-order valence-electron chi connectivity index (χ0n) is 20.4. The number of carbonyl (C=O) groups is 4. The predicted octanol–water partition coefficient (Wildman–Crippen LogP) is 1.31. The summed E-state index contributed by atoms with van der Waals surface area (Å²) in [5.74, 6) is -1.58. The van der Waals surface area contributed by atoms with Gasteiger partial charge in [0.1, 0.15) is 11.8 Å². The molecule has 4 amide bonds. The third-order valence-electron chi connectivity index (χ3n) is 7.04. The Labute approximate surface area is 218 Å². The molecular weight excluding hydrogens is 497 g/mol. The number of anilines is 1. The molecule has 1 saturated heterocycles. The third kappa shape index (κ3) is 5.32. The van der Waals surface area contributed by atoms with Gasteiger partial charge in [0.25, 0.3) is 0 Å². The van der Waals surface area contributed by atoms with E-state index in [4.69, 9.17) is 10.4 Å². The molecule has 2 atom stereocenters. The van der Waals surface area contributed by atoms with Crippen molar-refractivity contribution < 1.29 is 28.9 Å². The fourth-order valence-corrected chi connectivity index (χ4v) is 5.39. The number of hydrogen-bond donors (Lipinski definition) is 3. The number of aromatic nitrogens is 1. The first-order chi connectivity index (χ1) is 17.7. The number of amides is 4. The number of carbonyl (C=O) groups excluding carboxylic acids is 4. The summed E-state index contributed by atoms with van der Waals surface area (Å²) in [7, 11) is -1.20. The molecule has 194 valence electrons. The average molecular weight is 525 g/mol. The van der Waals surface area contributed by atoms with Crippen molar-refractivity contribution in [3.05, 3.63) is 40.4 Å². The van der Waals surface area contributed by atoms with E-state index < -0.39 is 42.6 Å². The summed E-state index contributed by atoms with van der Waals surface area (Å²) in [5, 5.41) is 15.0. The fourth-order valence-electron chi connectivity index (χ4n) is 4.80. The standard InChI is InChI=1S/C24H28BN5O6S/c1-13-3-2-4-15-9-16(25(35)36-20(13)15)10-18(31)19(17-12-37-23(26)27-17)28-24(34)30-8-7-29(11-14-5-6-14)21(32)22(30)33/h2-4,12,14,16,19,35H,5-11H2,1H3,(H2,26,27)(H,28,34)/t16-,19?/m1/s1. The number of nitrogens with one attached hydrogen (secondary N) is 1. The van der Waals surface area contributed by atoms with Gasteiger partial charge in [-0.1, -0.05) is 18.2 Å². The number of rotatable bonds is 7. The van der Waals surface area contributed by atoms with E-state index in [1.54, 1.807) is 5.38 Å². The van der Waals surface area contributed by atoms with Crippen LogP contribution >= 0.6 is 11.3 Å². The predicted molar refractivity (Wildman–Crippen MR) is 136 cm³/mol. The molecule has 1 aromatic heterocycles. The van der Waals surface area contributed by atoms with Gasteiger partial charge in [0.2, 0.25) is 0 Å². The van der Waals surface area contributed by atoms with E-state index in [-0.39, 0.29) is 30.3 Å². The summed E-state index contributed by atoms with van der Waals surface area (Å²) in [6, 6.07) is 3.60. The summed E-state index contributed by atoms with van der Waals surface area (Å²) in [4.78, 5) is 58.2. The van der Waals surface area contributed by atoms with Crippen LogP contribution in [0.1, 0.15) is 42.1 Å². The minimum Gasteiger partial charge on any atom is -0.536 e. The van der Waals surface area contributed by atoms with E-state index in [2.05, 4.69) is 10.3 Å². The van der Waals surface area contributed by atoms with Crippen molar-refractivity contribution in [2.75, 3.05) is 25.4 Å². The van der Waals surface area contributed by atoms with Crippen molar-refractivity contribution in [2.45, 2.75) is 44.5 Å². The molecule has 13 heteroatoms. The minimum atomic E-state index is -1.21. The quantitative estimate of drug-likeness (QED) is 0.361. The molecule has 0 radical (unpaired) electrons. The number of fused-ring (bicyclic) bond motifs is 1. The van der Waals surface area contributed by atoms with Gasteiger partial charge in [0, 0.05) is 37.3 Å². The molecule has 3 heterocycles. The van der Waals surface area contributed by atoms with Gasteiger partial charge in [0.05, 0.1) is 5.69 Å². The first kappa shape index (κ1) is 25.2. The highest BCUT2D eigenvalue weighted by molar-refractivity contribution is 7.13. The Kier molecular flexibility index (Phi) is 6.91. The van der Waals surface area contributed by atoms with Crippen LogP contribution < -0.4 is 15.7 Å². The van der Waals surface area contributed by atoms with Crippen molar-refractivity contribution in [3.63, 3.8) is 0 Å². The summed E-state index contributed by atoms with van der Waals surface area (Å²) < 4.78 is 5.70. The number of Topliss-reactive ketones (excluding diaryl/α,β-unsaturated/α-hetero) is 1. The number of hydrogen-bond acceptors (Lipinski definition) is 9. The van der Waals surface area contributed by atoms with Crippen LogP contribution in [0.15, 0.2) is 23.6 Å². The van der Waals surface area contributed by atoms with Gasteiger partial charge in [-0.15, -0.1) is 11.3 Å². The Balaban J connectivity index is 1.29. The third-order valence-corrected chi connectivity index (χ3v) is 7.73. The van der Waals surface area contributed by atoms with E-state index in [0.29, 0.717) is 24.6 Å². The highest BCUT2D eigenvalue weighted by Crippen LogP contribution is 2.37. The Morgan fingerprint density at radius 1 is 1.30 bits per heavy atom. The number of imide groups is 1. The molecule has 1 aliphatic carbocycles. The second kappa shape index (κ2) is 10.1. The molecule has 1 saturated carbocycles. The SMILES string of the molecule is Cc1cccc2c1OB(O)[C@@H](CC(=O)C(NC(=O)N1CCN(CC3CC3)C(=O)C1=O)c1csc(N)n1)C2. The number of urea groups is 1. The molecule has 1 aromatic carbocycles. The van der Waals surface area contributed by atoms with Gasteiger partial charge in [-0.3, -0.25) is 19.3 Å². The lowest BCUT2D eigenvalue weighted by atomic mass is 9.64. The first-order valence-electron chi connectivity index (χ1n) is 12.3. The van der Waals surface area contributed by atoms with Crippen molar-refractivity contribution in [2.24, 2.45) is 5.92 Å². The Hall–Kier alpha value is -3.45. The highest BCUT2D eigenvalue weighted by atomic mass is 32.1. The maximum Gasteiger partial charge on any atom is 0.526 e. The maximum atomic E-state index is 13.5. The van der Waals surface area contributed by atoms with E-state index in [9.17, 15) is 24.2 Å². The van der Waals surface area contributed by atoms with Crippen LogP contribution in [-0.2, 0) is 20.8 Å². The van der Waals surface area contributed by atoms with Gasteiger partial charge < -0.3 is 25.6 Å². The lowest BCUT2D eigenvalue weighted by Crippen LogP contribution is -2.59. The van der Waals surface area contributed by atoms with Gasteiger partial charge >= 0.3 is 25.0 Å². The van der Waals surface area contributed by atoms with Crippen LogP contribution in [-0.4, -0.2) is 70.2 Å². The minimum absolute atomic E-state index is 0.0363. The van der Waals surface area contributed by atoms with Gasteiger partial charge in [-0.2, -0.15) is 0 Å². The number of aryl methyl sites for hydroxylation is 1. The monoisotopic (exact) mass is 525 g/mol. The zero-order chi connectivity index (χ0) is 26.3. The molecule has 3 aliphatic rings. The maximum absolute atomic E-state index is 13.5. The second-order valence-electron chi connectivity index (χ2n) is 9.85. The second-order valence-corrected chi connectivity index (χ2v) is 10.7. The number of para-hydroxylation sites is 1. The molecule has 1 unspecified atom stereocenters. The topological polar surface area (TPSA) is 155 Å². The lowest BCUT2D eigenvalue weighted by molar-refractivity contribution is -0.153. The van der Waals surface area contributed by atoms with Crippen LogP contribution in [0, 0.1) is 12.8 Å². The summed E-state index contributed by atoms with van der Waals surface area (Å²) in [6.45, 7) is 2.69. The van der Waals surface area contributed by atoms with Crippen molar-refractivity contribution in [3.8, 4) is 5.75 Å². The summed E-state index contributed by atoms with van der Waals surface area (Å²) in [6.07, 6.45) is 2.38. The van der Waals surface area contributed by atoms with E-state index >= 15 is 0 Å². The summed E-state index contributed by atoms with van der Waals surface area (Å²) >= 11 is 1.11.